The molecular formula is C11H10F2O3. The van der Waals surface area contributed by atoms with Crippen LogP contribution in [0.25, 0.3) is 0 Å². The lowest BCUT2D eigenvalue weighted by atomic mass is 9.90. The predicted molar refractivity (Wildman–Crippen MR) is 51.2 cm³/mol. The maximum absolute atomic E-state index is 12.9. The summed E-state index contributed by atoms with van der Waals surface area (Å²) in [6.07, 6.45) is -0.784. The zero-order chi connectivity index (χ0) is 11.7. The molecule has 0 N–H and O–H groups in total. The van der Waals surface area contributed by atoms with E-state index in [-0.39, 0.29) is 18.0 Å². The minimum Gasteiger partial charge on any atom is -0.487 e. The lowest BCUT2D eigenvalue weighted by molar-refractivity contribution is -0.151. The molecule has 0 aromatic heterocycles. The fourth-order valence-corrected chi connectivity index (χ4v) is 1.58. The second kappa shape index (κ2) is 4.17. The molecule has 0 saturated heterocycles. The van der Waals surface area contributed by atoms with Gasteiger partial charge in [0.2, 0.25) is 0 Å². The lowest BCUT2D eigenvalue weighted by Gasteiger charge is -2.33. The highest BCUT2D eigenvalue weighted by Crippen LogP contribution is 2.26. The van der Waals surface area contributed by atoms with Crippen molar-refractivity contribution >= 4 is 5.78 Å². The summed E-state index contributed by atoms with van der Waals surface area (Å²) in [5.41, 5.74) is 0. The highest BCUT2D eigenvalue weighted by Gasteiger charge is 2.42. The van der Waals surface area contributed by atoms with E-state index in [0.717, 1.165) is 12.1 Å². The minimum absolute atomic E-state index is 0.0462. The Morgan fingerprint density at radius 1 is 1.31 bits per heavy atom. The third kappa shape index (κ3) is 1.90. The second-order valence-electron chi connectivity index (χ2n) is 3.56. The van der Waals surface area contributed by atoms with Crippen molar-refractivity contribution in [3.8, 4) is 5.75 Å². The van der Waals surface area contributed by atoms with Gasteiger partial charge in [0.05, 0.1) is 0 Å². The molecule has 1 aromatic carbocycles. The summed E-state index contributed by atoms with van der Waals surface area (Å²) in [5.74, 6) is -1.76. The number of halogens is 2. The minimum atomic E-state index is -0.975. The summed E-state index contributed by atoms with van der Waals surface area (Å²) < 4.78 is 35.7. The fourth-order valence-electron chi connectivity index (χ4n) is 1.58. The van der Waals surface area contributed by atoms with Crippen LogP contribution in [0.1, 0.15) is 6.42 Å². The number of hydrogen-bond acceptors (Lipinski definition) is 3. The maximum atomic E-state index is 12.9. The number of benzene rings is 1. The molecule has 86 valence electrons. The zero-order valence-electron chi connectivity index (χ0n) is 8.57. The predicted octanol–water partition coefficient (Wildman–Crippen LogP) is 1.70. The standard InChI is InChI=1S/C11H10F2O3/c1-15-11-9(14)5-10(11)16-6-2-3-7(12)8(13)4-6/h2-4,10-11H,5H2,1H3. The number of hydrogen-bond donors (Lipinski definition) is 0. The van der Waals surface area contributed by atoms with E-state index in [2.05, 4.69) is 0 Å². The molecule has 0 radical (unpaired) electrons. The molecule has 1 aromatic rings. The highest BCUT2D eigenvalue weighted by atomic mass is 19.2. The van der Waals surface area contributed by atoms with Crippen LogP contribution < -0.4 is 4.74 Å². The molecule has 1 fully saturated rings. The van der Waals surface area contributed by atoms with Gasteiger partial charge in [0, 0.05) is 19.6 Å². The molecule has 2 atom stereocenters. The van der Waals surface area contributed by atoms with Crippen molar-refractivity contribution in [2.45, 2.75) is 18.6 Å². The number of Topliss-reactive ketones (excluding diaryl/α,β-unsaturated/α-hetero) is 1. The van der Waals surface area contributed by atoms with Crippen LogP contribution in [0.4, 0.5) is 8.78 Å². The van der Waals surface area contributed by atoms with E-state index in [4.69, 9.17) is 9.47 Å². The molecule has 0 aliphatic heterocycles. The first-order valence-corrected chi connectivity index (χ1v) is 4.79. The summed E-state index contributed by atoms with van der Waals surface area (Å²) >= 11 is 0. The number of methoxy groups -OCH3 is 1. The van der Waals surface area contributed by atoms with E-state index < -0.39 is 23.8 Å². The Morgan fingerprint density at radius 2 is 2.06 bits per heavy atom. The van der Waals surface area contributed by atoms with Crippen LogP contribution in [0, 0.1) is 11.6 Å². The topological polar surface area (TPSA) is 35.5 Å². The van der Waals surface area contributed by atoms with Crippen LogP contribution in [0.5, 0.6) is 5.75 Å². The van der Waals surface area contributed by atoms with Crippen LogP contribution >= 0.6 is 0 Å². The summed E-state index contributed by atoms with van der Waals surface area (Å²) in [5, 5.41) is 0. The molecule has 1 aliphatic carbocycles. The summed E-state index contributed by atoms with van der Waals surface area (Å²) in [4.78, 5) is 11.0. The number of ketones is 1. The van der Waals surface area contributed by atoms with Crippen molar-refractivity contribution in [1.29, 1.82) is 0 Å². The van der Waals surface area contributed by atoms with Gasteiger partial charge in [0.25, 0.3) is 0 Å². The number of carbonyl (C=O) groups is 1. The first-order chi connectivity index (χ1) is 7.61. The third-order valence-electron chi connectivity index (χ3n) is 2.49. The van der Waals surface area contributed by atoms with Gasteiger partial charge in [-0.15, -0.1) is 0 Å². The Bertz CT molecular complexity index is 420. The molecule has 1 saturated carbocycles. The molecule has 0 heterocycles. The normalized spacial score (nSPS) is 24.1. The molecule has 5 heteroatoms. The average molecular weight is 228 g/mol. The van der Waals surface area contributed by atoms with E-state index in [9.17, 15) is 13.6 Å². The maximum Gasteiger partial charge on any atom is 0.169 e. The molecule has 0 spiro atoms. The molecule has 16 heavy (non-hydrogen) atoms. The van der Waals surface area contributed by atoms with Crippen molar-refractivity contribution in [3.63, 3.8) is 0 Å². The van der Waals surface area contributed by atoms with E-state index >= 15 is 0 Å². The van der Waals surface area contributed by atoms with Crippen LogP contribution in [0.3, 0.4) is 0 Å². The van der Waals surface area contributed by atoms with Crippen LogP contribution in [0.2, 0.25) is 0 Å². The SMILES string of the molecule is COC1C(=O)CC1Oc1ccc(F)c(F)c1. The Hall–Kier alpha value is -1.49. The number of ether oxygens (including phenoxy) is 2. The molecule has 3 nitrogen and oxygen atoms in total. The van der Waals surface area contributed by atoms with Crippen molar-refractivity contribution in [3.05, 3.63) is 29.8 Å². The van der Waals surface area contributed by atoms with Gasteiger partial charge in [-0.1, -0.05) is 0 Å². The van der Waals surface area contributed by atoms with E-state index in [0.29, 0.717) is 0 Å². The quantitative estimate of drug-likeness (QED) is 0.789. The van der Waals surface area contributed by atoms with Gasteiger partial charge in [0.15, 0.2) is 23.5 Å². The monoisotopic (exact) mass is 228 g/mol. The van der Waals surface area contributed by atoms with Crippen LogP contribution in [-0.4, -0.2) is 25.1 Å². The van der Waals surface area contributed by atoms with Gasteiger partial charge < -0.3 is 9.47 Å². The molecule has 2 rings (SSSR count). The molecular weight excluding hydrogens is 218 g/mol. The van der Waals surface area contributed by atoms with Crippen LogP contribution in [-0.2, 0) is 9.53 Å². The summed E-state index contributed by atoms with van der Waals surface area (Å²) in [7, 11) is 1.41. The van der Waals surface area contributed by atoms with Crippen LogP contribution in [0.15, 0.2) is 18.2 Å². The van der Waals surface area contributed by atoms with Gasteiger partial charge in [-0.25, -0.2) is 8.78 Å². The summed E-state index contributed by atoms with van der Waals surface area (Å²) in [6.45, 7) is 0. The number of carbonyl (C=O) groups excluding carboxylic acids is 1. The Kier molecular flexibility index (Phi) is 2.87. The second-order valence-corrected chi connectivity index (χ2v) is 3.56. The van der Waals surface area contributed by atoms with Gasteiger partial charge in [-0.05, 0) is 12.1 Å². The first-order valence-electron chi connectivity index (χ1n) is 4.79. The largest absolute Gasteiger partial charge is 0.487 e. The molecule has 1 aliphatic rings. The molecule has 0 amide bonds. The smallest absolute Gasteiger partial charge is 0.169 e. The van der Waals surface area contributed by atoms with Gasteiger partial charge in [0.1, 0.15) is 11.9 Å². The fraction of sp³-hybridized carbons (Fsp3) is 0.364. The Labute approximate surface area is 91.0 Å². The Balaban J connectivity index is 2.05. The Morgan fingerprint density at radius 3 is 2.62 bits per heavy atom. The van der Waals surface area contributed by atoms with E-state index in [1.807, 2.05) is 0 Å². The summed E-state index contributed by atoms with van der Waals surface area (Å²) in [6, 6.07) is 3.24. The lowest BCUT2D eigenvalue weighted by Crippen LogP contribution is -2.51. The van der Waals surface area contributed by atoms with Crippen molar-refractivity contribution in [2.24, 2.45) is 0 Å². The van der Waals surface area contributed by atoms with Crippen molar-refractivity contribution in [2.75, 3.05) is 7.11 Å². The van der Waals surface area contributed by atoms with Crippen molar-refractivity contribution in [1.82, 2.24) is 0 Å². The van der Waals surface area contributed by atoms with E-state index in [1.165, 1.54) is 13.2 Å². The highest BCUT2D eigenvalue weighted by molar-refractivity contribution is 5.90. The molecule has 0 bridgehead atoms. The van der Waals surface area contributed by atoms with Gasteiger partial charge in [-0.2, -0.15) is 0 Å². The zero-order valence-corrected chi connectivity index (χ0v) is 8.57. The third-order valence-corrected chi connectivity index (χ3v) is 2.49. The first kappa shape index (κ1) is 11.0. The van der Waals surface area contributed by atoms with E-state index in [1.54, 1.807) is 0 Å². The van der Waals surface area contributed by atoms with Gasteiger partial charge in [-0.3, -0.25) is 4.79 Å². The van der Waals surface area contributed by atoms with Gasteiger partial charge >= 0.3 is 0 Å². The average Bonchev–Trinajstić information content (AvgIpc) is 2.23. The van der Waals surface area contributed by atoms with Crippen molar-refractivity contribution < 1.29 is 23.0 Å². The number of rotatable bonds is 3. The molecule has 2 unspecified atom stereocenters.